The third kappa shape index (κ3) is 7.17. The molecule has 0 saturated carbocycles. The summed E-state index contributed by atoms with van der Waals surface area (Å²) in [7, 11) is 0. The lowest BCUT2D eigenvalue weighted by Gasteiger charge is -2.12. The van der Waals surface area contributed by atoms with E-state index in [0.29, 0.717) is 27.5 Å². The van der Waals surface area contributed by atoms with Crippen LogP contribution in [0.2, 0.25) is 10.0 Å². The van der Waals surface area contributed by atoms with E-state index in [1.165, 1.54) is 0 Å². The number of thiocarbonyl (C=S) groups is 1. The van der Waals surface area contributed by atoms with E-state index in [0.717, 1.165) is 12.0 Å². The van der Waals surface area contributed by atoms with Gasteiger partial charge in [-0.15, -0.1) is 0 Å². The van der Waals surface area contributed by atoms with Gasteiger partial charge in [0.1, 0.15) is 5.75 Å². The van der Waals surface area contributed by atoms with Crippen molar-refractivity contribution in [2.75, 3.05) is 13.2 Å². The molecular formula is C17H17Cl2N3O2S. The summed E-state index contributed by atoms with van der Waals surface area (Å²) < 4.78 is 5.32. The van der Waals surface area contributed by atoms with Gasteiger partial charge in [0.2, 0.25) is 0 Å². The molecule has 8 heteroatoms. The molecule has 0 heterocycles. The van der Waals surface area contributed by atoms with Crippen molar-refractivity contribution in [3.05, 3.63) is 64.1 Å². The number of amides is 1. The molecule has 0 aliphatic carbocycles. The molecule has 2 aromatic carbocycles. The number of rotatable bonds is 6. The number of para-hydroxylation sites is 1. The average Bonchev–Trinajstić information content (AvgIpc) is 2.61. The summed E-state index contributed by atoms with van der Waals surface area (Å²) in [4.78, 5) is 11.7. The quantitative estimate of drug-likeness (QED) is 0.516. The Bertz CT molecular complexity index is 726. The zero-order chi connectivity index (χ0) is 18.1. The van der Waals surface area contributed by atoms with Gasteiger partial charge in [-0.2, -0.15) is 0 Å². The third-order valence-electron chi connectivity index (χ3n) is 3.12. The zero-order valence-corrected chi connectivity index (χ0v) is 15.5. The molecule has 0 unspecified atom stereocenters. The van der Waals surface area contributed by atoms with E-state index < -0.39 is 0 Å². The molecule has 0 bridgehead atoms. The van der Waals surface area contributed by atoms with E-state index >= 15 is 0 Å². The van der Waals surface area contributed by atoms with Crippen molar-refractivity contribution in [2.24, 2.45) is 0 Å². The van der Waals surface area contributed by atoms with E-state index in [-0.39, 0.29) is 12.5 Å². The van der Waals surface area contributed by atoms with Crippen LogP contribution >= 0.6 is 35.4 Å². The zero-order valence-electron chi connectivity index (χ0n) is 13.2. The van der Waals surface area contributed by atoms with Gasteiger partial charge in [0.25, 0.3) is 5.91 Å². The van der Waals surface area contributed by atoms with Crippen molar-refractivity contribution >= 4 is 46.4 Å². The Kier molecular flexibility index (Phi) is 7.78. The molecule has 0 spiro atoms. The molecule has 25 heavy (non-hydrogen) atoms. The molecule has 0 fully saturated rings. The maximum absolute atomic E-state index is 11.7. The maximum atomic E-state index is 11.7. The summed E-state index contributed by atoms with van der Waals surface area (Å²) in [5.74, 6) is 0.0738. The Morgan fingerprint density at radius 3 is 2.48 bits per heavy atom. The molecular weight excluding hydrogens is 381 g/mol. The summed E-state index contributed by atoms with van der Waals surface area (Å²) in [5.41, 5.74) is 6.20. The molecule has 2 aromatic rings. The van der Waals surface area contributed by atoms with Gasteiger partial charge < -0.3 is 10.1 Å². The summed E-state index contributed by atoms with van der Waals surface area (Å²) in [6.07, 6.45) is 0.780. The predicted octanol–water partition coefficient (Wildman–Crippen LogP) is 3.11. The lowest BCUT2D eigenvalue weighted by molar-refractivity contribution is -0.123. The molecule has 2 rings (SSSR count). The first-order chi connectivity index (χ1) is 12.0. The highest BCUT2D eigenvalue weighted by molar-refractivity contribution is 7.80. The van der Waals surface area contributed by atoms with Crippen LogP contribution in [0.25, 0.3) is 0 Å². The molecule has 0 aromatic heterocycles. The van der Waals surface area contributed by atoms with Gasteiger partial charge in [-0.25, -0.2) is 0 Å². The first kappa shape index (κ1) is 19.3. The lowest BCUT2D eigenvalue weighted by Crippen LogP contribution is -2.48. The molecule has 3 N–H and O–H groups in total. The van der Waals surface area contributed by atoms with Crippen LogP contribution in [0, 0.1) is 0 Å². The fraction of sp³-hybridized carbons (Fsp3) is 0.176. The summed E-state index contributed by atoms with van der Waals surface area (Å²) in [6, 6.07) is 14.5. The Balaban J connectivity index is 1.61. The Hall–Kier alpha value is -2.02. The van der Waals surface area contributed by atoms with Gasteiger partial charge in [-0.05, 0) is 48.5 Å². The van der Waals surface area contributed by atoms with Crippen LogP contribution in [-0.4, -0.2) is 24.2 Å². The lowest BCUT2D eigenvalue weighted by atomic mass is 10.1. The van der Waals surface area contributed by atoms with E-state index in [1.54, 1.807) is 24.3 Å². The topological polar surface area (TPSA) is 62.4 Å². The van der Waals surface area contributed by atoms with Crippen molar-refractivity contribution in [2.45, 2.75) is 6.42 Å². The number of nitrogens with one attached hydrogen (secondary N) is 3. The number of carbonyl (C=O) groups is 1. The van der Waals surface area contributed by atoms with E-state index in [9.17, 15) is 4.79 Å². The molecule has 5 nitrogen and oxygen atoms in total. The smallest absolute Gasteiger partial charge is 0.276 e. The average molecular weight is 398 g/mol. The number of halogens is 2. The van der Waals surface area contributed by atoms with Crippen LogP contribution in [0.4, 0.5) is 0 Å². The van der Waals surface area contributed by atoms with Crippen LogP contribution in [0.1, 0.15) is 5.56 Å². The number of hydrogen-bond acceptors (Lipinski definition) is 3. The Morgan fingerprint density at radius 1 is 1.04 bits per heavy atom. The van der Waals surface area contributed by atoms with E-state index in [2.05, 4.69) is 16.2 Å². The van der Waals surface area contributed by atoms with Gasteiger partial charge in [0.05, 0.1) is 5.02 Å². The highest BCUT2D eigenvalue weighted by Crippen LogP contribution is 2.22. The SMILES string of the molecule is O=C(COc1ccccc1Cl)NNC(=S)NCCc1ccc(Cl)cc1. The molecule has 0 aliphatic heterocycles. The number of hydrogen-bond donors (Lipinski definition) is 3. The third-order valence-corrected chi connectivity index (χ3v) is 3.93. The molecule has 0 aliphatic rings. The van der Waals surface area contributed by atoms with Crippen LogP contribution in [-0.2, 0) is 11.2 Å². The normalized spacial score (nSPS) is 10.0. The predicted molar refractivity (Wildman–Crippen MR) is 104 cm³/mol. The van der Waals surface area contributed by atoms with Gasteiger partial charge in [-0.3, -0.25) is 15.6 Å². The van der Waals surface area contributed by atoms with Crippen LogP contribution in [0.15, 0.2) is 48.5 Å². The number of ether oxygens (including phenoxy) is 1. The number of benzene rings is 2. The monoisotopic (exact) mass is 397 g/mol. The minimum Gasteiger partial charge on any atom is -0.482 e. The van der Waals surface area contributed by atoms with Crippen molar-refractivity contribution in [1.82, 2.24) is 16.2 Å². The van der Waals surface area contributed by atoms with Gasteiger partial charge >= 0.3 is 0 Å². The van der Waals surface area contributed by atoms with Gasteiger partial charge in [0, 0.05) is 11.6 Å². The molecule has 0 saturated heterocycles. The second-order valence-electron chi connectivity index (χ2n) is 5.02. The van der Waals surface area contributed by atoms with Crippen molar-refractivity contribution in [1.29, 1.82) is 0 Å². The maximum Gasteiger partial charge on any atom is 0.276 e. The standard InChI is InChI=1S/C17H17Cl2N3O2S/c18-13-7-5-12(6-8-13)9-10-20-17(25)22-21-16(23)11-24-15-4-2-1-3-14(15)19/h1-8H,9-11H2,(H,21,23)(H2,20,22,25). The molecule has 0 radical (unpaired) electrons. The fourth-order valence-corrected chi connectivity index (χ4v) is 2.35. The summed E-state index contributed by atoms with van der Waals surface area (Å²) in [5, 5.41) is 4.47. The highest BCUT2D eigenvalue weighted by Gasteiger charge is 2.05. The first-order valence-corrected chi connectivity index (χ1v) is 8.65. The Labute approximate surface area is 161 Å². The van der Waals surface area contributed by atoms with Crippen LogP contribution in [0.3, 0.4) is 0 Å². The first-order valence-electron chi connectivity index (χ1n) is 7.49. The van der Waals surface area contributed by atoms with Gasteiger partial charge in [-0.1, -0.05) is 47.5 Å². The van der Waals surface area contributed by atoms with Crippen LogP contribution < -0.4 is 20.9 Å². The van der Waals surface area contributed by atoms with Crippen molar-refractivity contribution in [3.8, 4) is 5.75 Å². The van der Waals surface area contributed by atoms with Gasteiger partial charge in [0.15, 0.2) is 11.7 Å². The molecule has 1 amide bonds. The van der Waals surface area contributed by atoms with Crippen molar-refractivity contribution < 1.29 is 9.53 Å². The second kappa shape index (κ2) is 10.1. The summed E-state index contributed by atoms with van der Waals surface area (Å²) in [6.45, 7) is 0.448. The minimum atomic E-state index is -0.373. The minimum absolute atomic E-state index is 0.176. The molecule has 132 valence electrons. The highest BCUT2D eigenvalue weighted by atomic mass is 35.5. The fourth-order valence-electron chi connectivity index (χ4n) is 1.88. The second-order valence-corrected chi connectivity index (χ2v) is 6.28. The number of carbonyl (C=O) groups excluding carboxylic acids is 1. The largest absolute Gasteiger partial charge is 0.482 e. The summed E-state index contributed by atoms with van der Waals surface area (Å²) >= 11 is 16.9. The number of hydrazine groups is 1. The van der Waals surface area contributed by atoms with E-state index in [1.807, 2.05) is 24.3 Å². The molecule has 0 atom stereocenters. The van der Waals surface area contributed by atoms with E-state index in [4.69, 9.17) is 40.2 Å². The Morgan fingerprint density at radius 2 is 1.76 bits per heavy atom. The van der Waals surface area contributed by atoms with Crippen molar-refractivity contribution in [3.63, 3.8) is 0 Å². The van der Waals surface area contributed by atoms with Crippen LogP contribution in [0.5, 0.6) is 5.75 Å².